The van der Waals surface area contributed by atoms with Crippen LogP contribution in [-0.4, -0.2) is 48.8 Å². The molecule has 0 fully saturated rings. The van der Waals surface area contributed by atoms with E-state index in [9.17, 15) is 4.79 Å². The Hall–Kier alpha value is -3.98. The van der Waals surface area contributed by atoms with E-state index in [2.05, 4.69) is 10.1 Å². The molecule has 0 aliphatic heterocycles. The van der Waals surface area contributed by atoms with Crippen LogP contribution in [0.3, 0.4) is 0 Å². The average molecular weight is 498 g/mol. The summed E-state index contributed by atoms with van der Waals surface area (Å²) in [5.41, 5.74) is 1.04. The molecule has 0 atom stereocenters. The van der Waals surface area contributed by atoms with E-state index >= 15 is 0 Å². The largest absolute Gasteiger partial charge is 0.493 e. The summed E-state index contributed by atoms with van der Waals surface area (Å²) in [5, 5.41) is 4.46. The molecule has 2 aromatic heterocycles. The molecule has 0 saturated carbocycles. The molecular weight excluding hydrogens is 474 g/mol. The summed E-state index contributed by atoms with van der Waals surface area (Å²) in [5.74, 6) is 2.56. The van der Waals surface area contributed by atoms with Gasteiger partial charge in [-0.1, -0.05) is 28.9 Å². The van der Waals surface area contributed by atoms with Crippen molar-refractivity contribution in [2.45, 2.75) is 13.0 Å². The van der Waals surface area contributed by atoms with Crippen LogP contribution in [0, 0.1) is 0 Å². The zero-order chi connectivity index (χ0) is 24.8. The molecule has 4 rings (SSSR count). The normalized spacial score (nSPS) is 10.7. The van der Waals surface area contributed by atoms with Gasteiger partial charge in [-0.15, -0.1) is 0 Å². The summed E-state index contributed by atoms with van der Waals surface area (Å²) in [7, 11) is 4.60. The van der Waals surface area contributed by atoms with Crippen molar-refractivity contribution in [3.63, 3.8) is 0 Å². The summed E-state index contributed by atoms with van der Waals surface area (Å²) >= 11 is 6.26. The summed E-state index contributed by atoms with van der Waals surface area (Å²) in [6.45, 7) is 0.576. The lowest BCUT2D eigenvalue weighted by molar-refractivity contribution is 0.0730. The van der Waals surface area contributed by atoms with Crippen LogP contribution < -0.4 is 14.2 Å². The van der Waals surface area contributed by atoms with Gasteiger partial charge in [0.25, 0.3) is 5.91 Å². The molecule has 0 radical (unpaired) electrons. The Bertz CT molecular complexity index is 1260. The van der Waals surface area contributed by atoms with Gasteiger partial charge in [-0.05, 0) is 36.4 Å². The van der Waals surface area contributed by atoms with E-state index in [0.29, 0.717) is 63.8 Å². The molecular formula is C25H24ClN3O6. The molecule has 4 aromatic rings. The van der Waals surface area contributed by atoms with Crippen LogP contribution in [-0.2, 0) is 13.0 Å². The first-order chi connectivity index (χ1) is 17.0. The van der Waals surface area contributed by atoms with Crippen molar-refractivity contribution in [1.29, 1.82) is 0 Å². The summed E-state index contributed by atoms with van der Waals surface area (Å²) in [6.07, 6.45) is 1.89. The Morgan fingerprint density at radius 2 is 1.77 bits per heavy atom. The number of hydrogen-bond acceptors (Lipinski definition) is 8. The highest BCUT2D eigenvalue weighted by molar-refractivity contribution is 6.33. The first-order valence-corrected chi connectivity index (χ1v) is 11.1. The summed E-state index contributed by atoms with van der Waals surface area (Å²) < 4.78 is 27.1. The van der Waals surface area contributed by atoms with Gasteiger partial charge < -0.3 is 28.1 Å². The van der Waals surface area contributed by atoms with Crippen molar-refractivity contribution in [2.75, 3.05) is 27.9 Å². The number of methoxy groups -OCH3 is 3. The van der Waals surface area contributed by atoms with Crippen LogP contribution >= 0.6 is 11.6 Å². The third-order valence-electron chi connectivity index (χ3n) is 5.30. The topological polar surface area (TPSA) is 100 Å². The molecule has 0 aliphatic carbocycles. The fourth-order valence-electron chi connectivity index (χ4n) is 3.56. The minimum atomic E-state index is -0.226. The summed E-state index contributed by atoms with van der Waals surface area (Å²) in [4.78, 5) is 19.4. The minimum Gasteiger partial charge on any atom is -0.493 e. The van der Waals surface area contributed by atoms with Crippen LogP contribution in [0.1, 0.15) is 22.0 Å². The smallest absolute Gasteiger partial charge is 0.255 e. The molecule has 2 aromatic carbocycles. The van der Waals surface area contributed by atoms with Crippen molar-refractivity contribution >= 4 is 17.5 Å². The second-order valence-electron chi connectivity index (χ2n) is 7.46. The minimum absolute atomic E-state index is 0.226. The standard InChI is InChI=1S/C25H24ClN3O6/c1-31-20-13-16(14-21(32-2)23(20)33-3)24-27-22(35-28-24)10-11-29(15-17-7-6-12-34-17)25(30)18-8-4-5-9-19(18)26/h4-9,12-14H,10-11,15H2,1-3H3. The first-order valence-electron chi connectivity index (χ1n) is 10.7. The Balaban J connectivity index is 1.54. The molecule has 0 spiro atoms. The second-order valence-corrected chi connectivity index (χ2v) is 7.87. The van der Waals surface area contributed by atoms with Gasteiger partial charge in [0.05, 0.1) is 44.7 Å². The van der Waals surface area contributed by atoms with Gasteiger partial charge in [-0.25, -0.2) is 0 Å². The van der Waals surface area contributed by atoms with Gasteiger partial charge in [0, 0.05) is 18.5 Å². The van der Waals surface area contributed by atoms with Crippen LogP contribution in [0.5, 0.6) is 17.2 Å². The molecule has 0 saturated heterocycles. The monoisotopic (exact) mass is 497 g/mol. The molecule has 0 unspecified atom stereocenters. The zero-order valence-electron chi connectivity index (χ0n) is 19.5. The van der Waals surface area contributed by atoms with Crippen LogP contribution in [0.25, 0.3) is 11.4 Å². The second kappa shape index (κ2) is 11.0. The van der Waals surface area contributed by atoms with E-state index < -0.39 is 0 Å². The highest BCUT2D eigenvalue weighted by Crippen LogP contribution is 2.40. The Labute approximate surface area is 207 Å². The highest BCUT2D eigenvalue weighted by Gasteiger charge is 2.22. The predicted octanol–water partition coefficient (Wildman–Crippen LogP) is 4.89. The number of nitrogens with zero attached hydrogens (tertiary/aromatic N) is 3. The van der Waals surface area contributed by atoms with Crippen molar-refractivity contribution in [3.8, 4) is 28.6 Å². The molecule has 2 heterocycles. The molecule has 35 heavy (non-hydrogen) atoms. The van der Waals surface area contributed by atoms with E-state index in [1.54, 1.807) is 53.6 Å². The third kappa shape index (κ3) is 5.41. The van der Waals surface area contributed by atoms with Gasteiger partial charge in [-0.3, -0.25) is 4.79 Å². The molecule has 0 bridgehead atoms. The lowest BCUT2D eigenvalue weighted by Crippen LogP contribution is -2.32. The fraction of sp³-hybridized carbons (Fsp3) is 0.240. The number of carbonyl (C=O) groups is 1. The molecule has 0 N–H and O–H groups in total. The Morgan fingerprint density at radius 3 is 2.40 bits per heavy atom. The first kappa shape index (κ1) is 24.2. The molecule has 0 aliphatic rings. The number of furan rings is 1. The quantitative estimate of drug-likeness (QED) is 0.305. The van der Waals surface area contributed by atoms with Crippen LogP contribution in [0.15, 0.2) is 63.7 Å². The number of carbonyl (C=O) groups excluding carboxylic acids is 1. The van der Waals surface area contributed by atoms with Gasteiger partial charge in [0.2, 0.25) is 17.5 Å². The molecule has 1 amide bonds. The average Bonchev–Trinajstić information content (AvgIpc) is 3.57. The third-order valence-corrected chi connectivity index (χ3v) is 5.63. The van der Waals surface area contributed by atoms with Crippen molar-refractivity contribution in [3.05, 3.63) is 77.0 Å². The van der Waals surface area contributed by atoms with E-state index in [4.69, 9.17) is 34.8 Å². The van der Waals surface area contributed by atoms with Gasteiger partial charge >= 0.3 is 0 Å². The number of hydrogen-bond donors (Lipinski definition) is 0. The number of ether oxygens (including phenoxy) is 3. The van der Waals surface area contributed by atoms with E-state index in [0.717, 1.165) is 0 Å². The van der Waals surface area contributed by atoms with Gasteiger partial charge in [-0.2, -0.15) is 4.98 Å². The van der Waals surface area contributed by atoms with Crippen molar-refractivity contribution in [1.82, 2.24) is 15.0 Å². The molecule has 182 valence electrons. The Morgan fingerprint density at radius 1 is 1.03 bits per heavy atom. The number of amides is 1. The Kier molecular flexibility index (Phi) is 7.57. The number of halogens is 1. The maximum absolute atomic E-state index is 13.2. The van der Waals surface area contributed by atoms with Crippen molar-refractivity contribution < 1.29 is 27.9 Å². The maximum atomic E-state index is 13.2. The molecule has 9 nitrogen and oxygen atoms in total. The van der Waals surface area contributed by atoms with E-state index in [1.165, 1.54) is 21.3 Å². The SMILES string of the molecule is COc1cc(-c2noc(CCN(Cc3ccco3)C(=O)c3ccccc3Cl)n2)cc(OC)c1OC. The maximum Gasteiger partial charge on any atom is 0.255 e. The van der Waals surface area contributed by atoms with Crippen molar-refractivity contribution in [2.24, 2.45) is 0 Å². The van der Waals surface area contributed by atoms with Crippen LogP contribution in [0.4, 0.5) is 0 Å². The number of benzene rings is 2. The molecule has 10 heteroatoms. The number of aromatic nitrogens is 2. The van der Waals surface area contributed by atoms with Crippen LogP contribution in [0.2, 0.25) is 5.02 Å². The van der Waals surface area contributed by atoms with Gasteiger partial charge in [0.15, 0.2) is 11.5 Å². The van der Waals surface area contributed by atoms with E-state index in [-0.39, 0.29) is 12.5 Å². The summed E-state index contributed by atoms with van der Waals surface area (Å²) in [6, 6.07) is 14.0. The lowest BCUT2D eigenvalue weighted by Gasteiger charge is -2.21. The number of rotatable bonds is 10. The highest BCUT2D eigenvalue weighted by atomic mass is 35.5. The van der Waals surface area contributed by atoms with Gasteiger partial charge in [0.1, 0.15) is 5.76 Å². The predicted molar refractivity (Wildman–Crippen MR) is 128 cm³/mol. The zero-order valence-corrected chi connectivity index (χ0v) is 20.2. The fourth-order valence-corrected chi connectivity index (χ4v) is 3.78. The van der Waals surface area contributed by atoms with E-state index in [1.807, 2.05) is 6.07 Å². The lowest BCUT2D eigenvalue weighted by atomic mass is 10.1.